The molecule has 1 aliphatic carbocycles. The fraction of sp³-hybridized carbons (Fsp3) is 0.636. The molecule has 2 rings (SSSR count). The molecule has 5 heteroatoms. The number of amides is 1. The van der Waals surface area contributed by atoms with Crippen LogP contribution in [0.2, 0.25) is 0 Å². The number of aromatic nitrogens is 2. The Morgan fingerprint density at radius 3 is 2.88 bits per heavy atom. The van der Waals surface area contributed by atoms with Gasteiger partial charge in [0.1, 0.15) is 5.69 Å². The van der Waals surface area contributed by atoms with Gasteiger partial charge in [-0.3, -0.25) is 4.79 Å². The van der Waals surface area contributed by atoms with Gasteiger partial charge in [0.05, 0.1) is 6.33 Å². The number of nitrogens with zero attached hydrogens (tertiary/aromatic N) is 3. The lowest BCUT2D eigenvalue weighted by atomic mass is 9.80. The van der Waals surface area contributed by atoms with Gasteiger partial charge in [0, 0.05) is 32.9 Å². The maximum absolute atomic E-state index is 11.9. The Bertz CT molecular complexity index is 381. The lowest BCUT2D eigenvalue weighted by Crippen LogP contribution is -2.43. The van der Waals surface area contributed by atoms with Crippen molar-refractivity contribution in [2.24, 2.45) is 18.7 Å². The zero-order valence-corrected chi connectivity index (χ0v) is 9.76. The van der Waals surface area contributed by atoms with Crippen LogP contribution in [0.4, 0.5) is 0 Å². The van der Waals surface area contributed by atoms with Crippen molar-refractivity contribution in [3.8, 4) is 0 Å². The molecule has 16 heavy (non-hydrogen) atoms. The minimum atomic E-state index is -0.0129. The maximum Gasteiger partial charge on any atom is 0.273 e. The fourth-order valence-electron chi connectivity index (χ4n) is 2.13. The van der Waals surface area contributed by atoms with Gasteiger partial charge in [-0.1, -0.05) is 0 Å². The molecule has 0 unspecified atom stereocenters. The summed E-state index contributed by atoms with van der Waals surface area (Å²) in [4.78, 5) is 17.7. The van der Waals surface area contributed by atoms with Crippen molar-refractivity contribution in [1.29, 1.82) is 0 Å². The fourth-order valence-corrected chi connectivity index (χ4v) is 2.13. The summed E-state index contributed by atoms with van der Waals surface area (Å²) in [5.41, 5.74) is 6.22. The normalized spacial score (nSPS) is 23.9. The molecule has 0 bridgehead atoms. The molecule has 1 aliphatic rings. The molecule has 0 atom stereocenters. The van der Waals surface area contributed by atoms with Gasteiger partial charge in [-0.2, -0.15) is 0 Å². The lowest BCUT2D eigenvalue weighted by Gasteiger charge is -2.35. The largest absolute Gasteiger partial charge is 0.340 e. The average molecular weight is 222 g/mol. The van der Waals surface area contributed by atoms with Crippen LogP contribution in [-0.4, -0.2) is 40.0 Å². The summed E-state index contributed by atoms with van der Waals surface area (Å²) >= 11 is 0. The van der Waals surface area contributed by atoms with Crippen LogP contribution in [0.15, 0.2) is 12.5 Å². The van der Waals surface area contributed by atoms with Crippen LogP contribution in [-0.2, 0) is 7.05 Å². The van der Waals surface area contributed by atoms with Crippen molar-refractivity contribution in [2.75, 3.05) is 13.6 Å². The summed E-state index contributed by atoms with van der Waals surface area (Å²) in [7, 11) is 3.68. The quantitative estimate of drug-likeness (QED) is 0.796. The monoisotopic (exact) mass is 222 g/mol. The van der Waals surface area contributed by atoms with Gasteiger partial charge in [-0.05, 0) is 18.8 Å². The number of hydrogen-bond acceptors (Lipinski definition) is 3. The Hall–Kier alpha value is -1.36. The first-order valence-corrected chi connectivity index (χ1v) is 5.55. The molecule has 0 spiro atoms. The highest BCUT2D eigenvalue weighted by Gasteiger charge is 2.28. The molecular formula is C11H18N4O. The van der Waals surface area contributed by atoms with Crippen LogP contribution in [0.3, 0.4) is 0 Å². The van der Waals surface area contributed by atoms with Crippen molar-refractivity contribution in [1.82, 2.24) is 14.5 Å². The molecule has 1 aromatic rings. The van der Waals surface area contributed by atoms with Gasteiger partial charge in [0.15, 0.2) is 0 Å². The molecule has 1 amide bonds. The van der Waals surface area contributed by atoms with E-state index in [0.29, 0.717) is 17.7 Å². The van der Waals surface area contributed by atoms with Gasteiger partial charge < -0.3 is 15.2 Å². The lowest BCUT2D eigenvalue weighted by molar-refractivity contribution is 0.0729. The van der Waals surface area contributed by atoms with Crippen LogP contribution >= 0.6 is 0 Å². The molecule has 1 heterocycles. The first-order valence-electron chi connectivity index (χ1n) is 5.55. The Labute approximate surface area is 95.2 Å². The van der Waals surface area contributed by atoms with E-state index < -0.39 is 0 Å². The topological polar surface area (TPSA) is 64.2 Å². The van der Waals surface area contributed by atoms with Gasteiger partial charge in [-0.15, -0.1) is 0 Å². The zero-order valence-electron chi connectivity index (χ0n) is 9.76. The minimum Gasteiger partial charge on any atom is -0.340 e. The number of nitrogens with two attached hydrogens (primary N) is 1. The van der Waals surface area contributed by atoms with E-state index >= 15 is 0 Å². The van der Waals surface area contributed by atoms with E-state index in [-0.39, 0.29) is 5.91 Å². The predicted octanol–water partition coefficient (Wildman–Crippen LogP) is 0.229. The highest BCUT2D eigenvalue weighted by Crippen LogP contribution is 2.26. The number of rotatable bonds is 3. The van der Waals surface area contributed by atoms with E-state index in [1.54, 1.807) is 22.0 Å². The maximum atomic E-state index is 11.9. The second kappa shape index (κ2) is 4.25. The molecule has 5 nitrogen and oxygen atoms in total. The van der Waals surface area contributed by atoms with Crippen molar-refractivity contribution >= 4 is 5.91 Å². The predicted molar refractivity (Wildman–Crippen MR) is 60.9 cm³/mol. The van der Waals surface area contributed by atoms with Gasteiger partial charge in [0.2, 0.25) is 0 Å². The van der Waals surface area contributed by atoms with Gasteiger partial charge in [-0.25, -0.2) is 4.98 Å². The van der Waals surface area contributed by atoms with E-state index in [2.05, 4.69) is 4.98 Å². The summed E-state index contributed by atoms with van der Waals surface area (Å²) in [5.74, 6) is 0.550. The van der Waals surface area contributed by atoms with Crippen LogP contribution in [0.1, 0.15) is 23.3 Å². The SMILES string of the molecule is CN(CC1CC(N)C1)C(=O)c1cn(C)cn1. The molecule has 0 saturated heterocycles. The smallest absolute Gasteiger partial charge is 0.273 e. The van der Waals surface area contributed by atoms with Crippen molar-refractivity contribution in [3.63, 3.8) is 0 Å². The van der Waals surface area contributed by atoms with Crippen LogP contribution in [0.5, 0.6) is 0 Å². The van der Waals surface area contributed by atoms with E-state index in [4.69, 9.17) is 5.73 Å². The third kappa shape index (κ3) is 2.24. The van der Waals surface area contributed by atoms with Gasteiger partial charge >= 0.3 is 0 Å². The molecule has 2 N–H and O–H groups in total. The summed E-state index contributed by atoms with van der Waals surface area (Å²) < 4.78 is 1.78. The first-order chi connectivity index (χ1) is 7.56. The van der Waals surface area contributed by atoms with Crippen LogP contribution in [0.25, 0.3) is 0 Å². The van der Waals surface area contributed by atoms with Crippen LogP contribution < -0.4 is 5.73 Å². The number of aryl methyl sites for hydroxylation is 1. The number of carbonyl (C=O) groups excluding carboxylic acids is 1. The Kier molecular flexibility index (Phi) is 2.96. The third-order valence-corrected chi connectivity index (χ3v) is 3.07. The average Bonchev–Trinajstić information content (AvgIpc) is 2.61. The highest BCUT2D eigenvalue weighted by atomic mass is 16.2. The molecule has 1 saturated carbocycles. The summed E-state index contributed by atoms with van der Waals surface area (Å²) in [5, 5.41) is 0. The van der Waals surface area contributed by atoms with Crippen molar-refractivity contribution in [3.05, 3.63) is 18.2 Å². The molecule has 0 aliphatic heterocycles. The van der Waals surface area contributed by atoms with E-state index in [0.717, 1.165) is 19.4 Å². The molecule has 1 aromatic heterocycles. The van der Waals surface area contributed by atoms with Gasteiger partial charge in [0.25, 0.3) is 5.91 Å². The Morgan fingerprint density at radius 2 is 2.38 bits per heavy atom. The summed E-state index contributed by atoms with van der Waals surface area (Å²) in [6, 6.07) is 0.336. The second-order valence-electron chi connectivity index (χ2n) is 4.71. The van der Waals surface area contributed by atoms with Crippen LogP contribution in [0, 0.1) is 5.92 Å². The van der Waals surface area contributed by atoms with E-state index in [1.165, 1.54) is 0 Å². The molecule has 0 radical (unpaired) electrons. The molecule has 0 aromatic carbocycles. The summed E-state index contributed by atoms with van der Waals surface area (Å²) in [6.45, 7) is 0.781. The number of imidazole rings is 1. The molecule has 88 valence electrons. The first kappa shape index (κ1) is 11.1. The number of hydrogen-bond donors (Lipinski definition) is 1. The number of carbonyl (C=O) groups is 1. The van der Waals surface area contributed by atoms with Crippen molar-refractivity contribution in [2.45, 2.75) is 18.9 Å². The third-order valence-electron chi connectivity index (χ3n) is 3.07. The second-order valence-corrected chi connectivity index (χ2v) is 4.71. The Morgan fingerprint density at radius 1 is 1.69 bits per heavy atom. The zero-order chi connectivity index (χ0) is 11.7. The molecular weight excluding hydrogens is 204 g/mol. The minimum absolute atomic E-state index is 0.0129. The molecule has 1 fully saturated rings. The van der Waals surface area contributed by atoms with E-state index in [1.807, 2.05) is 14.1 Å². The van der Waals surface area contributed by atoms with Crippen molar-refractivity contribution < 1.29 is 4.79 Å². The highest BCUT2D eigenvalue weighted by molar-refractivity contribution is 5.91. The summed E-state index contributed by atoms with van der Waals surface area (Å²) in [6.07, 6.45) is 5.44. The Balaban J connectivity index is 1.89. The standard InChI is InChI=1S/C11H18N4O/c1-14-6-10(13-7-14)11(16)15(2)5-8-3-9(12)4-8/h6-9H,3-5,12H2,1-2H3. The van der Waals surface area contributed by atoms with E-state index in [9.17, 15) is 4.79 Å².